The molecule has 0 unspecified atom stereocenters. The predicted molar refractivity (Wildman–Crippen MR) is 119 cm³/mol. The SMILES string of the molecule is O=C(C[C@]1(O)C(=O)N(CCCc2ccccc2)c2ccccc21)c1ccc2c(c1)OCO2. The number of aryl methyl sites for hydroxylation is 1. The Hall–Kier alpha value is -3.64. The minimum absolute atomic E-state index is 0.112. The molecule has 2 aliphatic rings. The van der Waals surface area contributed by atoms with E-state index >= 15 is 0 Å². The van der Waals surface area contributed by atoms with E-state index in [4.69, 9.17) is 9.47 Å². The zero-order chi connectivity index (χ0) is 22.1. The van der Waals surface area contributed by atoms with E-state index in [1.165, 1.54) is 5.56 Å². The molecule has 0 bridgehead atoms. The highest BCUT2D eigenvalue weighted by Crippen LogP contribution is 2.43. The smallest absolute Gasteiger partial charge is 0.264 e. The second kappa shape index (κ2) is 8.13. The molecule has 1 atom stereocenters. The first-order chi connectivity index (χ1) is 15.6. The molecule has 0 saturated carbocycles. The quantitative estimate of drug-likeness (QED) is 0.578. The zero-order valence-electron chi connectivity index (χ0n) is 17.5. The van der Waals surface area contributed by atoms with Gasteiger partial charge in [-0.25, -0.2) is 0 Å². The van der Waals surface area contributed by atoms with Gasteiger partial charge in [-0.2, -0.15) is 0 Å². The summed E-state index contributed by atoms with van der Waals surface area (Å²) in [5, 5.41) is 11.5. The second-order valence-corrected chi connectivity index (χ2v) is 8.09. The number of nitrogens with zero attached hydrogens (tertiary/aromatic N) is 1. The number of fused-ring (bicyclic) bond motifs is 2. The molecule has 0 spiro atoms. The van der Waals surface area contributed by atoms with Crippen LogP contribution in [0.3, 0.4) is 0 Å². The number of hydrogen-bond donors (Lipinski definition) is 1. The Labute approximate surface area is 186 Å². The molecule has 0 saturated heterocycles. The third kappa shape index (κ3) is 3.52. The van der Waals surface area contributed by atoms with Gasteiger partial charge in [-0.1, -0.05) is 48.5 Å². The van der Waals surface area contributed by atoms with Gasteiger partial charge in [0.1, 0.15) is 0 Å². The summed E-state index contributed by atoms with van der Waals surface area (Å²) in [5.74, 6) is 0.275. The van der Waals surface area contributed by atoms with Crippen molar-refractivity contribution >= 4 is 17.4 Å². The third-order valence-corrected chi connectivity index (χ3v) is 6.04. The predicted octanol–water partition coefficient (Wildman–Crippen LogP) is 3.86. The third-order valence-electron chi connectivity index (χ3n) is 6.04. The monoisotopic (exact) mass is 429 g/mol. The lowest BCUT2D eigenvalue weighted by atomic mass is 9.88. The number of para-hydroxylation sites is 1. The van der Waals surface area contributed by atoms with E-state index in [9.17, 15) is 14.7 Å². The van der Waals surface area contributed by atoms with E-state index < -0.39 is 11.5 Å². The molecule has 2 aliphatic heterocycles. The number of ketones is 1. The van der Waals surface area contributed by atoms with E-state index in [0.29, 0.717) is 34.9 Å². The molecule has 6 heteroatoms. The average Bonchev–Trinajstić information content (AvgIpc) is 3.37. The van der Waals surface area contributed by atoms with Crippen molar-refractivity contribution in [1.29, 1.82) is 0 Å². The molecule has 6 nitrogen and oxygen atoms in total. The Morgan fingerprint density at radius 2 is 1.72 bits per heavy atom. The highest BCUT2D eigenvalue weighted by molar-refractivity contribution is 6.10. The van der Waals surface area contributed by atoms with Crippen LogP contribution in [-0.4, -0.2) is 30.1 Å². The number of carbonyl (C=O) groups is 2. The van der Waals surface area contributed by atoms with Crippen molar-refractivity contribution in [2.45, 2.75) is 24.9 Å². The maximum Gasteiger partial charge on any atom is 0.264 e. The number of amides is 1. The van der Waals surface area contributed by atoms with Crippen LogP contribution < -0.4 is 14.4 Å². The molecule has 0 aromatic heterocycles. The molecule has 32 heavy (non-hydrogen) atoms. The molecule has 5 rings (SSSR count). The molecule has 1 amide bonds. The van der Waals surface area contributed by atoms with E-state index in [1.54, 1.807) is 35.2 Å². The molecule has 0 aliphatic carbocycles. The van der Waals surface area contributed by atoms with E-state index in [2.05, 4.69) is 12.1 Å². The first-order valence-corrected chi connectivity index (χ1v) is 10.7. The summed E-state index contributed by atoms with van der Waals surface area (Å²) in [6.07, 6.45) is 1.23. The van der Waals surface area contributed by atoms with Crippen LogP contribution in [0.25, 0.3) is 0 Å². The normalized spacial score (nSPS) is 18.7. The van der Waals surface area contributed by atoms with Crippen molar-refractivity contribution in [3.63, 3.8) is 0 Å². The fraction of sp³-hybridized carbons (Fsp3) is 0.231. The second-order valence-electron chi connectivity index (χ2n) is 8.09. The Bertz CT molecular complexity index is 1180. The molecular formula is C26H23NO5. The fourth-order valence-corrected chi connectivity index (χ4v) is 4.39. The van der Waals surface area contributed by atoms with Gasteiger partial charge in [0.2, 0.25) is 6.79 Å². The molecule has 3 aromatic carbocycles. The van der Waals surface area contributed by atoms with Gasteiger partial charge in [-0.15, -0.1) is 0 Å². The summed E-state index contributed by atoms with van der Waals surface area (Å²) in [7, 11) is 0. The highest BCUT2D eigenvalue weighted by Gasteiger charge is 2.50. The lowest BCUT2D eigenvalue weighted by Crippen LogP contribution is -2.42. The van der Waals surface area contributed by atoms with Gasteiger partial charge < -0.3 is 19.5 Å². The molecule has 0 radical (unpaired) electrons. The number of anilines is 1. The van der Waals surface area contributed by atoms with Crippen molar-refractivity contribution in [1.82, 2.24) is 0 Å². The van der Waals surface area contributed by atoms with Crippen LogP contribution >= 0.6 is 0 Å². The van der Waals surface area contributed by atoms with Crippen LogP contribution in [0.5, 0.6) is 11.5 Å². The van der Waals surface area contributed by atoms with Crippen LogP contribution in [0.1, 0.15) is 34.3 Å². The number of aliphatic hydroxyl groups is 1. The van der Waals surface area contributed by atoms with Gasteiger partial charge in [0.15, 0.2) is 22.9 Å². The molecular weight excluding hydrogens is 406 g/mol. The Kier molecular flexibility index (Phi) is 5.15. The summed E-state index contributed by atoms with van der Waals surface area (Å²) < 4.78 is 10.6. The lowest BCUT2D eigenvalue weighted by Gasteiger charge is -2.23. The number of rotatable bonds is 7. The zero-order valence-corrected chi connectivity index (χ0v) is 17.5. The number of benzene rings is 3. The number of carbonyl (C=O) groups excluding carboxylic acids is 2. The van der Waals surface area contributed by atoms with Gasteiger partial charge in [-0.05, 0) is 42.7 Å². The van der Waals surface area contributed by atoms with Crippen molar-refractivity contribution in [2.75, 3.05) is 18.2 Å². The van der Waals surface area contributed by atoms with Crippen molar-refractivity contribution in [3.05, 3.63) is 89.5 Å². The standard InChI is InChI=1S/C26H23NO5/c28-22(19-12-13-23-24(15-19)32-17-31-23)16-26(30)20-10-4-5-11-21(20)27(25(26)29)14-6-9-18-7-2-1-3-8-18/h1-5,7-8,10-13,15,30H,6,9,14,16-17H2/t26-/m1/s1. The van der Waals surface area contributed by atoms with Crippen LogP contribution in [0.4, 0.5) is 5.69 Å². The Morgan fingerprint density at radius 1 is 0.969 bits per heavy atom. The van der Waals surface area contributed by atoms with Gasteiger partial charge in [0.05, 0.1) is 12.1 Å². The molecule has 1 N–H and O–H groups in total. The van der Waals surface area contributed by atoms with Crippen molar-refractivity contribution in [2.24, 2.45) is 0 Å². The Morgan fingerprint density at radius 3 is 2.56 bits per heavy atom. The summed E-state index contributed by atoms with van der Waals surface area (Å²) in [6, 6.07) is 22.1. The largest absolute Gasteiger partial charge is 0.454 e. The maximum atomic E-state index is 13.4. The summed E-state index contributed by atoms with van der Waals surface area (Å²) >= 11 is 0. The first kappa shape index (κ1) is 20.3. The van der Waals surface area contributed by atoms with Gasteiger partial charge in [-0.3, -0.25) is 9.59 Å². The average molecular weight is 429 g/mol. The van der Waals surface area contributed by atoms with Gasteiger partial charge in [0.25, 0.3) is 5.91 Å². The van der Waals surface area contributed by atoms with E-state index in [0.717, 1.165) is 12.8 Å². The Balaban J connectivity index is 1.36. The summed E-state index contributed by atoms with van der Waals surface area (Å²) in [4.78, 5) is 28.0. The number of Topliss-reactive ketones (excluding diaryl/α,β-unsaturated/α-hetero) is 1. The molecule has 162 valence electrons. The fourth-order valence-electron chi connectivity index (χ4n) is 4.39. The van der Waals surface area contributed by atoms with Crippen molar-refractivity contribution in [3.8, 4) is 11.5 Å². The molecule has 2 heterocycles. The minimum Gasteiger partial charge on any atom is -0.454 e. The van der Waals surface area contributed by atoms with Crippen molar-refractivity contribution < 1.29 is 24.2 Å². The first-order valence-electron chi connectivity index (χ1n) is 10.7. The molecule has 3 aromatic rings. The van der Waals surface area contributed by atoms with Crippen LogP contribution in [0.2, 0.25) is 0 Å². The van der Waals surface area contributed by atoms with E-state index in [1.807, 2.05) is 30.3 Å². The topological polar surface area (TPSA) is 76.1 Å². The molecule has 0 fully saturated rings. The minimum atomic E-state index is -1.89. The van der Waals surface area contributed by atoms with Gasteiger partial charge in [0, 0.05) is 17.7 Å². The van der Waals surface area contributed by atoms with Crippen LogP contribution in [0, 0.1) is 0 Å². The number of ether oxygens (including phenoxy) is 2. The summed E-state index contributed by atoms with van der Waals surface area (Å²) in [6.45, 7) is 0.575. The number of hydrogen-bond acceptors (Lipinski definition) is 5. The maximum absolute atomic E-state index is 13.4. The van der Waals surface area contributed by atoms with Gasteiger partial charge >= 0.3 is 0 Å². The lowest BCUT2D eigenvalue weighted by molar-refractivity contribution is -0.135. The van der Waals surface area contributed by atoms with Crippen LogP contribution in [0.15, 0.2) is 72.8 Å². The summed E-state index contributed by atoms with van der Waals surface area (Å²) in [5.41, 5.74) is 0.804. The highest BCUT2D eigenvalue weighted by atomic mass is 16.7. The van der Waals surface area contributed by atoms with E-state index in [-0.39, 0.29) is 19.0 Å². The van der Waals surface area contributed by atoms with Crippen LogP contribution in [-0.2, 0) is 16.8 Å².